The Labute approximate surface area is 443 Å². The summed E-state index contributed by atoms with van der Waals surface area (Å²) in [6.45, 7) is 6.63. The number of hydrogen-bond donors (Lipinski definition) is 1. The number of likely N-dealkylation sites (N-methyl/N-ethyl adjacent to an activating group) is 1. The summed E-state index contributed by atoms with van der Waals surface area (Å²) in [6.07, 6.45) is 68.0. The highest BCUT2D eigenvalue weighted by Crippen LogP contribution is 2.38. The third kappa shape index (κ3) is 51.8. The van der Waals surface area contributed by atoms with Gasteiger partial charge in [-0.3, -0.25) is 14.2 Å². The van der Waals surface area contributed by atoms with Crippen LogP contribution in [0.5, 0.6) is 0 Å². The summed E-state index contributed by atoms with van der Waals surface area (Å²) < 4.78 is 30.2. The van der Waals surface area contributed by atoms with Crippen LogP contribution in [0, 0.1) is 0 Å². The largest absolute Gasteiger partial charge is 0.756 e. The van der Waals surface area contributed by atoms with Crippen LogP contribution >= 0.6 is 7.82 Å². The van der Waals surface area contributed by atoms with E-state index in [2.05, 4.69) is 111 Å². The SMILES string of the molecule is CC/C=C/C=C/C=C/CCCCCCCCCC(=O)OC(/C=C\CCCCCCCCCCCC)C(COP(=O)([O-])OCC[N+](C)(C)C)NC(=O)CCCCC/C=C\C/C=C\C/C=C\C/C=C\CCCCC. The van der Waals surface area contributed by atoms with Gasteiger partial charge in [0.05, 0.1) is 33.8 Å². The number of hydrogen-bond acceptors (Lipinski definition) is 7. The molecule has 0 saturated heterocycles. The molecular formula is C62H109N2O7P. The van der Waals surface area contributed by atoms with Gasteiger partial charge in [-0.05, 0) is 96.0 Å². The number of allylic oxidation sites excluding steroid dienone is 15. The molecule has 414 valence electrons. The summed E-state index contributed by atoms with van der Waals surface area (Å²) in [7, 11) is 1.14. The summed E-state index contributed by atoms with van der Waals surface area (Å²) in [4.78, 5) is 39.9. The topological polar surface area (TPSA) is 114 Å². The van der Waals surface area contributed by atoms with Crippen LogP contribution in [-0.2, 0) is 27.9 Å². The van der Waals surface area contributed by atoms with Crippen molar-refractivity contribution in [1.29, 1.82) is 0 Å². The first-order valence-corrected chi connectivity index (χ1v) is 30.5. The van der Waals surface area contributed by atoms with Crippen molar-refractivity contribution in [2.24, 2.45) is 0 Å². The van der Waals surface area contributed by atoms with Gasteiger partial charge >= 0.3 is 5.97 Å². The number of esters is 1. The van der Waals surface area contributed by atoms with Crippen molar-refractivity contribution in [1.82, 2.24) is 5.32 Å². The van der Waals surface area contributed by atoms with Crippen molar-refractivity contribution in [2.45, 2.75) is 245 Å². The predicted octanol–water partition coefficient (Wildman–Crippen LogP) is 17.0. The van der Waals surface area contributed by atoms with E-state index >= 15 is 0 Å². The number of carbonyl (C=O) groups excluding carboxylic acids is 2. The van der Waals surface area contributed by atoms with E-state index in [1.54, 1.807) is 0 Å². The highest BCUT2D eigenvalue weighted by Gasteiger charge is 2.27. The first-order valence-electron chi connectivity index (χ1n) is 29.1. The number of phosphoric ester groups is 1. The molecule has 0 bridgehead atoms. The monoisotopic (exact) mass is 1020 g/mol. The van der Waals surface area contributed by atoms with Crippen LogP contribution in [0.25, 0.3) is 0 Å². The van der Waals surface area contributed by atoms with Gasteiger partial charge in [0.1, 0.15) is 19.3 Å². The fourth-order valence-electron chi connectivity index (χ4n) is 7.80. The Morgan fingerprint density at radius 3 is 1.49 bits per heavy atom. The van der Waals surface area contributed by atoms with Crippen molar-refractivity contribution in [3.8, 4) is 0 Å². The number of unbranched alkanes of at least 4 members (excludes halogenated alkanes) is 23. The number of carbonyl (C=O) groups is 2. The summed E-state index contributed by atoms with van der Waals surface area (Å²) in [5, 5.41) is 3.00. The van der Waals surface area contributed by atoms with Crippen molar-refractivity contribution < 1.29 is 37.3 Å². The molecule has 3 atom stereocenters. The van der Waals surface area contributed by atoms with Gasteiger partial charge in [-0.1, -0.05) is 221 Å². The van der Waals surface area contributed by atoms with E-state index in [4.69, 9.17) is 13.8 Å². The Morgan fingerprint density at radius 2 is 0.944 bits per heavy atom. The smallest absolute Gasteiger partial charge is 0.306 e. The minimum atomic E-state index is -4.71. The quantitative estimate of drug-likeness (QED) is 0.0161. The van der Waals surface area contributed by atoms with Crippen molar-refractivity contribution in [3.63, 3.8) is 0 Å². The summed E-state index contributed by atoms with van der Waals surface area (Å²) in [6, 6.07) is -0.915. The fraction of sp³-hybridized carbons (Fsp3) is 0.710. The number of amides is 1. The summed E-state index contributed by atoms with van der Waals surface area (Å²) in [5.41, 5.74) is 0. The Bertz CT molecular complexity index is 1560. The Kier molecular flexibility index (Phi) is 49.2. The van der Waals surface area contributed by atoms with Gasteiger partial charge in [-0.25, -0.2) is 0 Å². The third-order valence-corrected chi connectivity index (χ3v) is 13.3. The molecule has 1 amide bonds. The van der Waals surface area contributed by atoms with Crippen LogP contribution in [0.15, 0.2) is 97.2 Å². The van der Waals surface area contributed by atoms with Crippen molar-refractivity contribution in [2.75, 3.05) is 40.9 Å². The number of phosphoric acid groups is 1. The number of quaternary nitrogens is 1. The molecule has 0 aliphatic rings. The molecule has 0 heterocycles. The van der Waals surface area contributed by atoms with Crippen molar-refractivity contribution >= 4 is 19.7 Å². The second kappa shape index (κ2) is 51.4. The normalized spacial score (nSPS) is 14.5. The molecule has 1 N–H and O–H groups in total. The van der Waals surface area contributed by atoms with Crippen molar-refractivity contribution in [3.05, 3.63) is 97.2 Å². The average molecular weight is 1030 g/mol. The van der Waals surface area contributed by atoms with Crippen LogP contribution in [0.1, 0.15) is 233 Å². The zero-order valence-corrected chi connectivity index (χ0v) is 48.0. The molecule has 9 nitrogen and oxygen atoms in total. The molecule has 0 aromatic carbocycles. The molecule has 0 saturated carbocycles. The first kappa shape index (κ1) is 68.9. The average Bonchev–Trinajstić information content (AvgIpc) is 3.34. The summed E-state index contributed by atoms with van der Waals surface area (Å²) >= 11 is 0. The van der Waals surface area contributed by atoms with Crippen LogP contribution in [0.2, 0.25) is 0 Å². The molecule has 0 spiro atoms. The molecule has 0 aromatic rings. The molecule has 0 aliphatic carbocycles. The lowest BCUT2D eigenvalue weighted by Gasteiger charge is -2.30. The zero-order chi connectivity index (χ0) is 52.9. The molecular weight excluding hydrogens is 916 g/mol. The maximum Gasteiger partial charge on any atom is 0.306 e. The highest BCUT2D eigenvalue weighted by atomic mass is 31.2. The highest BCUT2D eigenvalue weighted by molar-refractivity contribution is 7.45. The van der Waals surface area contributed by atoms with Crippen LogP contribution in [-0.4, -0.2) is 69.4 Å². The number of nitrogens with zero attached hydrogens (tertiary/aromatic N) is 1. The lowest BCUT2D eigenvalue weighted by Crippen LogP contribution is -2.47. The molecule has 72 heavy (non-hydrogen) atoms. The van der Waals surface area contributed by atoms with Gasteiger partial charge in [0.15, 0.2) is 0 Å². The summed E-state index contributed by atoms with van der Waals surface area (Å²) in [5.74, 6) is -0.597. The van der Waals surface area contributed by atoms with E-state index in [-0.39, 0.29) is 31.3 Å². The van der Waals surface area contributed by atoms with E-state index in [1.807, 2.05) is 33.3 Å². The lowest BCUT2D eigenvalue weighted by atomic mass is 10.0. The number of nitrogens with one attached hydrogen (secondary N) is 1. The third-order valence-electron chi connectivity index (χ3n) is 12.3. The van der Waals surface area contributed by atoms with Gasteiger partial charge < -0.3 is 28.5 Å². The minimum absolute atomic E-state index is 0.0356. The van der Waals surface area contributed by atoms with Crippen LogP contribution in [0.3, 0.4) is 0 Å². The second-order valence-electron chi connectivity index (χ2n) is 20.5. The Balaban J connectivity index is 5.41. The molecule has 0 radical (unpaired) electrons. The van der Waals surface area contributed by atoms with Gasteiger partial charge in [-0.15, -0.1) is 0 Å². The number of ether oxygens (including phenoxy) is 1. The first-order chi connectivity index (χ1) is 34.9. The van der Waals surface area contributed by atoms with Gasteiger partial charge in [0.25, 0.3) is 7.82 Å². The molecule has 3 unspecified atom stereocenters. The van der Waals surface area contributed by atoms with E-state index in [1.165, 1.54) is 96.3 Å². The minimum Gasteiger partial charge on any atom is -0.756 e. The van der Waals surface area contributed by atoms with E-state index < -0.39 is 26.6 Å². The van der Waals surface area contributed by atoms with Gasteiger partial charge in [0, 0.05) is 12.8 Å². The molecule has 0 rings (SSSR count). The van der Waals surface area contributed by atoms with E-state index in [0.717, 1.165) is 89.9 Å². The van der Waals surface area contributed by atoms with E-state index in [0.29, 0.717) is 23.9 Å². The molecule has 0 fully saturated rings. The van der Waals surface area contributed by atoms with Gasteiger partial charge in [-0.2, -0.15) is 0 Å². The molecule has 10 heteroatoms. The second-order valence-corrected chi connectivity index (χ2v) is 21.9. The number of rotatable bonds is 51. The Hall–Kier alpha value is -3.07. The zero-order valence-electron chi connectivity index (χ0n) is 47.1. The maximum absolute atomic E-state index is 13.5. The molecule has 0 aliphatic heterocycles. The lowest BCUT2D eigenvalue weighted by molar-refractivity contribution is -0.870. The predicted molar refractivity (Wildman–Crippen MR) is 307 cm³/mol. The van der Waals surface area contributed by atoms with Gasteiger partial charge in [0.2, 0.25) is 5.91 Å². The Morgan fingerprint density at radius 1 is 0.514 bits per heavy atom. The van der Waals surface area contributed by atoms with E-state index in [9.17, 15) is 19.0 Å². The van der Waals surface area contributed by atoms with Crippen LogP contribution < -0.4 is 10.2 Å². The maximum atomic E-state index is 13.5. The molecule has 0 aromatic heterocycles. The standard InChI is InChI=1S/C62H109N2O7P/c1-7-10-13-16-19-22-25-28-30-31-32-33-35-36-39-42-45-48-51-54-61(65)63-59(58-70-72(67,68)69-57-56-64(4,5)6)60(53-50-47-44-41-38-27-24-21-18-15-12-9-3)71-62(66)55-52-49-46-43-40-37-34-29-26-23-20-17-14-11-8-2/h11,14,17,19-20,22-23,26,28,30,32-33,36,39,50,53,59-60H,7-10,12-13,15-16,18,21,24-25,27,29,31,34-35,37-38,40-49,51-52,54-58H2,1-6H3,(H-,63,65,67,68)/b14-11+,20-17+,22-19-,26-23+,30-28-,33-32-,39-36-,53-50-. The fourth-order valence-corrected chi connectivity index (χ4v) is 8.52. The van der Waals surface area contributed by atoms with Crippen LogP contribution in [0.4, 0.5) is 0 Å².